The molecule has 0 fully saturated rings. The van der Waals surface area contributed by atoms with Crippen molar-refractivity contribution in [2.24, 2.45) is 0 Å². The summed E-state index contributed by atoms with van der Waals surface area (Å²) in [5, 5.41) is 12.1. The van der Waals surface area contributed by atoms with Crippen molar-refractivity contribution in [2.75, 3.05) is 0 Å². The van der Waals surface area contributed by atoms with E-state index in [1.165, 1.54) is 16.0 Å². The molecule has 0 saturated carbocycles. The Morgan fingerprint density at radius 1 is 1.18 bits per heavy atom. The minimum Gasteiger partial charge on any atom is -0.392 e. The summed E-state index contributed by atoms with van der Waals surface area (Å²) in [7, 11) is 0. The highest BCUT2D eigenvalue weighted by Crippen LogP contribution is 2.24. The predicted octanol–water partition coefficient (Wildman–Crippen LogP) is 3.97. The van der Waals surface area contributed by atoms with Gasteiger partial charge in [-0.25, -0.2) is 0 Å². The molecule has 1 atom stereocenters. The molecule has 1 unspecified atom stereocenters. The summed E-state index contributed by atoms with van der Waals surface area (Å²) in [6, 6.07) is 10.4. The first-order valence-electron chi connectivity index (χ1n) is 5.60. The van der Waals surface area contributed by atoms with Gasteiger partial charge in [0.2, 0.25) is 0 Å². The molecular weight excluding hydrogens is 296 g/mol. The number of halogens is 1. The van der Waals surface area contributed by atoms with Crippen LogP contribution < -0.4 is 0 Å². The fraction of sp³-hybridized carbons (Fsp3) is 0.286. The lowest BCUT2D eigenvalue weighted by Gasteiger charge is -2.10. The van der Waals surface area contributed by atoms with Gasteiger partial charge in [0.1, 0.15) is 0 Å². The largest absolute Gasteiger partial charge is 0.392 e. The normalized spacial score (nSPS) is 12.6. The molecule has 3 heteroatoms. The summed E-state index contributed by atoms with van der Waals surface area (Å²) in [5.41, 5.74) is 2.44. The third-order valence-corrected chi connectivity index (χ3v) is 4.65. The lowest BCUT2D eigenvalue weighted by atomic mass is 10.0. The first kappa shape index (κ1) is 12.8. The maximum absolute atomic E-state index is 10.1. The molecular formula is C14H15BrOS. The van der Waals surface area contributed by atoms with Crippen molar-refractivity contribution in [3.8, 4) is 0 Å². The lowest BCUT2D eigenvalue weighted by Crippen LogP contribution is -2.13. The zero-order valence-corrected chi connectivity index (χ0v) is 12.1. The lowest BCUT2D eigenvalue weighted by molar-refractivity contribution is 0.176. The first-order valence-corrected chi connectivity index (χ1v) is 7.28. The summed E-state index contributed by atoms with van der Waals surface area (Å²) in [5.74, 6) is 0. The fourth-order valence-electron chi connectivity index (χ4n) is 1.75. The summed E-state index contributed by atoms with van der Waals surface area (Å²) in [6.45, 7) is 2.07. The third kappa shape index (κ3) is 3.66. The second-order valence-electron chi connectivity index (χ2n) is 4.24. The summed E-state index contributed by atoms with van der Waals surface area (Å²) < 4.78 is 1.10. The van der Waals surface area contributed by atoms with Crippen molar-refractivity contribution in [2.45, 2.75) is 25.9 Å². The molecule has 1 N–H and O–H groups in total. The van der Waals surface area contributed by atoms with Crippen LogP contribution in [0.3, 0.4) is 0 Å². The van der Waals surface area contributed by atoms with Crippen LogP contribution in [0.4, 0.5) is 0 Å². The molecule has 17 heavy (non-hydrogen) atoms. The Labute approximate surface area is 114 Å². The van der Waals surface area contributed by atoms with Gasteiger partial charge in [-0.3, -0.25) is 0 Å². The van der Waals surface area contributed by atoms with Gasteiger partial charge in [-0.05, 0) is 46.3 Å². The van der Waals surface area contributed by atoms with Gasteiger partial charge in [-0.2, -0.15) is 0 Å². The summed E-state index contributed by atoms with van der Waals surface area (Å²) in [6.07, 6.45) is 1.11. The van der Waals surface area contributed by atoms with Gasteiger partial charge < -0.3 is 5.11 Å². The molecule has 0 radical (unpaired) electrons. The smallest absolute Gasteiger partial charge is 0.0629 e. The maximum Gasteiger partial charge on any atom is 0.0629 e. The monoisotopic (exact) mass is 310 g/mol. The summed E-state index contributed by atoms with van der Waals surface area (Å²) in [4.78, 5) is 1.21. The van der Waals surface area contributed by atoms with Gasteiger partial charge in [0, 0.05) is 15.8 Å². The molecule has 0 bridgehead atoms. The zero-order chi connectivity index (χ0) is 12.3. The van der Waals surface area contributed by atoms with Gasteiger partial charge in [0.15, 0.2) is 0 Å². The molecule has 1 nitrogen and oxygen atoms in total. The zero-order valence-electron chi connectivity index (χ0n) is 9.69. The van der Waals surface area contributed by atoms with Crippen LogP contribution in [0.5, 0.6) is 0 Å². The van der Waals surface area contributed by atoms with Crippen LogP contribution in [0.1, 0.15) is 16.0 Å². The van der Waals surface area contributed by atoms with Crippen molar-refractivity contribution in [3.63, 3.8) is 0 Å². The van der Waals surface area contributed by atoms with Gasteiger partial charge in [0.25, 0.3) is 0 Å². The van der Waals surface area contributed by atoms with E-state index in [0.29, 0.717) is 12.8 Å². The second kappa shape index (κ2) is 5.80. The minimum absolute atomic E-state index is 0.312. The third-order valence-electron chi connectivity index (χ3n) is 2.70. The maximum atomic E-state index is 10.1. The standard InChI is InChI=1S/C14H15BrOS/c1-10-2-4-11(5-3-10)8-12(16)9-14-13(15)6-7-17-14/h2-7,12,16H,8-9H2,1H3. The number of rotatable bonds is 4. The Bertz CT molecular complexity index is 475. The molecule has 0 spiro atoms. The van der Waals surface area contributed by atoms with Crippen molar-refractivity contribution < 1.29 is 5.11 Å². The number of hydrogen-bond acceptors (Lipinski definition) is 2. The van der Waals surface area contributed by atoms with E-state index in [1.54, 1.807) is 11.3 Å². The average molecular weight is 311 g/mol. The Balaban J connectivity index is 1.95. The van der Waals surface area contributed by atoms with Gasteiger partial charge >= 0.3 is 0 Å². The highest BCUT2D eigenvalue weighted by molar-refractivity contribution is 9.10. The number of benzene rings is 1. The van der Waals surface area contributed by atoms with E-state index >= 15 is 0 Å². The second-order valence-corrected chi connectivity index (χ2v) is 6.09. The number of aryl methyl sites for hydroxylation is 1. The van der Waals surface area contributed by atoms with E-state index in [2.05, 4.69) is 47.1 Å². The Morgan fingerprint density at radius 2 is 1.88 bits per heavy atom. The fourth-order valence-corrected chi connectivity index (χ4v) is 3.34. The quantitative estimate of drug-likeness (QED) is 0.906. The van der Waals surface area contributed by atoms with Crippen molar-refractivity contribution in [1.82, 2.24) is 0 Å². The number of aliphatic hydroxyl groups excluding tert-OH is 1. The molecule has 1 heterocycles. The molecule has 0 saturated heterocycles. The van der Waals surface area contributed by atoms with Crippen LogP contribution in [-0.2, 0) is 12.8 Å². The Hall–Kier alpha value is -0.640. The number of hydrogen-bond donors (Lipinski definition) is 1. The molecule has 0 aliphatic heterocycles. The molecule has 1 aromatic heterocycles. The van der Waals surface area contributed by atoms with E-state index in [-0.39, 0.29) is 6.10 Å². The highest BCUT2D eigenvalue weighted by Gasteiger charge is 2.10. The topological polar surface area (TPSA) is 20.2 Å². The predicted molar refractivity (Wildman–Crippen MR) is 76.6 cm³/mol. The molecule has 0 amide bonds. The van der Waals surface area contributed by atoms with E-state index in [1.807, 2.05) is 11.4 Å². The van der Waals surface area contributed by atoms with Crippen LogP contribution >= 0.6 is 27.3 Å². The summed E-state index contributed by atoms with van der Waals surface area (Å²) >= 11 is 5.17. The molecule has 1 aromatic carbocycles. The SMILES string of the molecule is Cc1ccc(CC(O)Cc2sccc2Br)cc1. The molecule has 2 aromatic rings. The van der Waals surface area contributed by atoms with Crippen molar-refractivity contribution in [3.05, 3.63) is 56.2 Å². The van der Waals surface area contributed by atoms with Crippen molar-refractivity contribution >= 4 is 27.3 Å². The van der Waals surface area contributed by atoms with Gasteiger partial charge in [-0.15, -0.1) is 11.3 Å². The Kier molecular flexibility index (Phi) is 4.37. The van der Waals surface area contributed by atoms with Crippen LogP contribution in [0.15, 0.2) is 40.2 Å². The minimum atomic E-state index is -0.312. The van der Waals surface area contributed by atoms with Crippen LogP contribution in [0.25, 0.3) is 0 Å². The van der Waals surface area contributed by atoms with E-state index < -0.39 is 0 Å². The Morgan fingerprint density at radius 3 is 2.47 bits per heavy atom. The number of thiophene rings is 1. The van der Waals surface area contributed by atoms with E-state index in [4.69, 9.17) is 0 Å². The average Bonchev–Trinajstić information content (AvgIpc) is 2.68. The number of aliphatic hydroxyl groups is 1. The van der Waals surface area contributed by atoms with Crippen LogP contribution in [-0.4, -0.2) is 11.2 Å². The van der Waals surface area contributed by atoms with Gasteiger partial charge in [-0.1, -0.05) is 29.8 Å². The first-order chi connectivity index (χ1) is 8.15. The molecule has 0 aliphatic carbocycles. The van der Waals surface area contributed by atoms with E-state index in [9.17, 15) is 5.11 Å². The molecule has 0 aliphatic rings. The molecule has 90 valence electrons. The van der Waals surface area contributed by atoms with Crippen LogP contribution in [0, 0.1) is 6.92 Å². The van der Waals surface area contributed by atoms with Crippen molar-refractivity contribution in [1.29, 1.82) is 0 Å². The molecule has 2 rings (SSSR count). The van der Waals surface area contributed by atoms with E-state index in [0.717, 1.165) is 4.47 Å². The highest BCUT2D eigenvalue weighted by atomic mass is 79.9. The van der Waals surface area contributed by atoms with Crippen LogP contribution in [0.2, 0.25) is 0 Å². The van der Waals surface area contributed by atoms with Gasteiger partial charge in [0.05, 0.1) is 6.10 Å².